The predicted octanol–water partition coefficient (Wildman–Crippen LogP) is 1.71. The zero-order chi connectivity index (χ0) is 9.98. The smallest absolute Gasteiger partial charge is 0.514 e. The molecule has 0 radical (unpaired) electrons. The minimum atomic E-state index is 0. The summed E-state index contributed by atoms with van der Waals surface area (Å²) in [5.41, 5.74) is 0. The molecule has 80 valence electrons. The molecule has 0 spiro atoms. The van der Waals surface area contributed by atoms with Gasteiger partial charge in [0.2, 0.25) is 0 Å². The number of hydrogen-bond donors (Lipinski definition) is 0. The Bertz CT molecular complexity index is 127. The van der Waals surface area contributed by atoms with E-state index >= 15 is 0 Å². The second-order valence-electron chi connectivity index (χ2n) is 1.37. The van der Waals surface area contributed by atoms with Gasteiger partial charge in [0.05, 0.1) is 13.2 Å². The molecule has 0 amide bonds. The molecule has 0 atom stereocenters. The standard InChI is InChI=1S/2C3H6OS2.Pt/c2*1-2-4-3(5)6;/h2*2H2,1H3,(H,5,6);/q;;+2/p-2/i;;1-2. The molecule has 0 heterocycles. The fourth-order valence-corrected chi connectivity index (χ4v) is 0.707. The third-order valence-electron chi connectivity index (χ3n) is 0.524. The summed E-state index contributed by atoms with van der Waals surface area (Å²) in [6.07, 6.45) is 0. The van der Waals surface area contributed by atoms with E-state index in [0.29, 0.717) is 13.2 Å². The largest absolute Gasteiger partial charge is 2.00 e. The van der Waals surface area contributed by atoms with Crippen LogP contribution >= 0.6 is 24.4 Å². The Hall–Kier alpha value is 0.908. The van der Waals surface area contributed by atoms with Gasteiger partial charge in [0.15, 0.2) is 0 Å². The molecule has 7 heteroatoms. The van der Waals surface area contributed by atoms with Crippen molar-refractivity contribution in [3.05, 3.63) is 0 Å². The molecule has 0 aromatic heterocycles. The van der Waals surface area contributed by atoms with E-state index in [0.717, 1.165) is 0 Å². The van der Waals surface area contributed by atoms with Crippen molar-refractivity contribution in [2.45, 2.75) is 13.8 Å². The maximum Gasteiger partial charge on any atom is 2.00 e. The molecule has 0 aliphatic heterocycles. The van der Waals surface area contributed by atoms with Crippen LogP contribution in [0.25, 0.3) is 0 Å². The van der Waals surface area contributed by atoms with Crippen LogP contribution in [0.5, 0.6) is 0 Å². The quantitative estimate of drug-likeness (QED) is 0.482. The maximum atomic E-state index is 4.59. The summed E-state index contributed by atoms with van der Waals surface area (Å²) >= 11 is 17.5. The molecule has 2 nitrogen and oxygen atoms in total. The first-order valence-corrected chi connectivity index (χ1v) is 4.85. The maximum absolute atomic E-state index is 4.59. The first kappa shape index (κ1) is 19.5. The van der Waals surface area contributed by atoms with Crippen molar-refractivity contribution in [3.8, 4) is 0 Å². The Balaban J connectivity index is -0.000000143. The van der Waals surface area contributed by atoms with Gasteiger partial charge < -0.3 is 59.2 Å². The fraction of sp³-hybridized carbons (Fsp3) is 0.667. The van der Waals surface area contributed by atoms with Crippen molar-refractivity contribution in [2.75, 3.05) is 13.2 Å². The number of thiocarbonyl (C=S) groups is 2. The van der Waals surface area contributed by atoms with Crippen LogP contribution in [0.4, 0.5) is 0 Å². The molecule has 0 fully saturated rings. The first-order valence-electron chi connectivity index (χ1n) is 3.22. The van der Waals surface area contributed by atoms with Crippen LogP contribution in [-0.4, -0.2) is 22.0 Å². The summed E-state index contributed by atoms with van der Waals surface area (Å²) in [7, 11) is 0. The van der Waals surface area contributed by atoms with Crippen molar-refractivity contribution in [1.82, 2.24) is 0 Å². The molecule has 0 bridgehead atoms. The van der Waals surface area contributed by atoms with Crippen LogP contribution in [-0.2, 0) is 55.8 Å². The van der Waals surface area contributed by atoms with Gasteiger partial charge in [-0.15, -0.1) is 0 Å². The predicted molar refractivity (Wildman–Crippen MR) is 63.2 cm³/mol. The average molecular weight is 435 g/mol. The molecule has 13 heavy (non-hydrogen) atoms. The first-order chi connectivity index (χ1) is 5.54. The summed E-state index contributed by atoms with van der Waals surface area (Å²) in [6, 6.07) is 0. The molecule has 0 rings (SSSR count). The van der Waals surface area contributed by atoms with E-state index in [4.69, 9.17) is 0 Å². The summed E-state index contributed by atoms with van der Waals surface area (Å²) < 4.78 is 9.59. The van der Waals surface area contributed by atoms with E-state index in [1.807, 2.05) is 13.8 Å². The Morgan fingerprint density at radius 3 is 1.23 bits per heavy atom. The molecular formula is C6H10O2PtS4. The Morgan fingerprint density at radius 1 is 1.00 bits per heavy atom. The van der Waals surface area contributed by atoms with E-state index in [-0.39, 0.29) is 29.8 Å². The Morgan fingerprint density at radius 2 is 1.23 bits per heavy atom. The summed E-state index contributed by atoms with van der Waals surface area (Å²) in [5.74, 6) is 0. The van der Waals surface area contributed by atoms with Gasteiger partial charge in [-0.25, -0.2) is 0 Å². The van der Waals surface area contributed by atoms with Crippen molar-refractivity contribution < 1.29 is 30.5 Å². The van der Waals surface area contributed by atoms with E-state index in [1.165, 1.54) is 0 Å². The molecular weight excluding hydrogens is 425 g/mol. The Labute approximate surface area is 115 Å². The van der Waals surface area contributed by atoms with E-state index < -0.39 is 0 Å². The number of ether oxygens (including phenoxy) is 2. The SMILES string of the molecule is CCOC(=S)[S-].CCOC(=S)[S-].[193Pt+2]. The van der Waals surface area contributed by atoms with Crippen LogP contribution in [0.15, 0.2) is 0 Å². The second kappa shape index (κ2) is 15.4. The molecule has 0 aromatic carbocycles. The van der Waals surface area contributed by atoms with Crippen LogP contribution in [0.3, 0.4) is 0 Å². The van der Waals surface area contributed by atoms with Crippen molar-refractivity contribution >= 4 is 58.5 Å². The van der Waals surface area contributed by atoms with Gasteiger partial charge in [0.1, 0.15) is 0 Å². The molecule has 0 saturated heterocycles. The van der Waals surface area contributed by atoms with Gasteiger partial charge >= 0.3 is 21.1 Å². The monoisotopic (exact) mass is 435 g/mol. The van der Waals surface area contributed by atoms with E-state index in [1.54, 1.807) is 0 Å². The molecule has 0 aliphatic carbocycles. The zero-order valence-corrected chi connectivity index (χ0v) is 12.7. The van der Waals surface area contributed by atoms with Gasteiger partial charge in [-0.1, -0.05) is 0 Å². The summed E-state index contributed by atoms with van der Waals surface area (Å²) in [6.45, 7) is 4.86. The van der Waals surface area contributed by atoms with Gasteiger partial charge in [-0.3, -0.25) is 0 Å². The molecule has 0 aliphatic rings. The second-order valence-corrected chi connectivity index (χ2v) is 3.37. The average Bonchev–Trinajstić information content (AvgIpc) is 1.87. The Kier molecular flexibility index (Phi) is 23.0. The van der Waals surface area contributed by atoms with Gasteiger partial charge in [0, 0.05) is 8.77 Å². The fourth-order valence-electron chi connectivity index (χ4n) is 0.236. The van der Waals surface area contributed by atoms with Crippen molar-refractivity contribution in [3.63, 3.8) is 0 Å². The number of rotatable bonds is 2. The van der Waals surface area contributed by atoms with E-state index in [2.05, 4.69) is 59.2 Å². The van der Waals surface area contributed by atoms with E-state index in [9.17, 15) is 0 Å². The van der Waals surface area contributed by atoms with Gasteiger partial charge in [0.25, 0.3) is 0 Å². The summed E-state index contributed by atoms with van der Waals surface area (Å²) in [5, 5.41) is 0. The number of hydrogen-bond acceptors (Lipinski definition) is 6. The van der Waals surface area contributed by atoms with Crippen LogP contribution in [0.1, 0.15) is 13.8 Å². The molecule has 0 unspecified atom stereocenters. The topological polar surface area (TPSA) is 18.5 Å². The summed E-state index contributed by atoms with van der Waals surface area (Å²) in [4.78, 5) is 0. The molecule has 0 saturated carbocycles. The van der Waals surface area contributed by atoms with Crippen molar-refractivity contribution in [1.29, 1.82) is 0 Å². The minimum Gasteiger partial charge on any atom is -0.514 e. The zero-order valence-electron chi connectivity index (χ0n) is 7.18. The molecule has 0 aromatic rings. The van der Waals surface area contributed by atoms with Crippen LogP contribution in [0, 0.1) is 0 Å². The minimum absolute atomic E-state index is 0. The molecule has 0 N–H and O–H groups in total. The normalized spacial score (nSPS) is 6.92. The van der Waals surface area contributed by atoms with Gasteiger partial charge in [-0.05, 0) is 13.8 Å². The van der Waals surface area contributed by atoms with Crippen molar-refractivity contribution in [2.24, 2.45) is 0 Å². The van der Waals surface area contributed by atoms with Crippen LogP contribution in [0.2, 0.25) is 0 Å². The van der Waals surface area contributed by atoms with Gasteiger partial charge in [-0.2, -0.15) is 0 Å². The third-order valence-corrected chi connectivity index (χ3v) is 0.996. The van der Waals surface area contributed by atoms with Crippen LogP contribution < -0.4 is 0 Å². The third kappa shape index (κ3) is 32.2.